The number of aromatic amines is 1. The number of hydrogen-bond donors (Lipinski definition) is 1. The van der Waals surface area contributed by atoms with Gasteiger partial charge in [0.15, 0.2) is 0 Å². The van der Waals surface area contributed by atoms with Crippen molar-refractivity contribution in [3.63, 3.8) is 0 Å². The molecule has 0 saturated carbocycles. The van der Waals surface area contributed by atoms with Crippen LogP contribution in [0.3, 0.4) is 0 Å². The molecule has 4 heterocycles. The van der Waals surface area contributed by atoms with Gasteiger partial charge in [-0.3, -0.25) is 19.6 Å². The molecule has 0 amide bonds. The molecule has 1 saturated heterocycles. The minimum Gasteiger partial charge on any atom is -0.308 e. The van der Waals surface area contributed by atoms with Gasteiger partial charge in [-0.1, -0.05) is 6.07 Å². The van der Waals surface area contributed by atoms with Crippen LogP contribution in [0.25, 0.3) is 10.2 Å². The van der Waals surface area contributed by atoms with E-state index in [0.29, 0.717) is 17.3 Å². The van der Waals surface area contributed by atoms with Gasteiger partial charge in [-0.25, -0.2) is 4.98 Å². The van der Waals surface area contributed by atoms with E-state index in [1.165, 1.54) is 16.9 Å². The molecular weight excluding hydrogens is 334 g/mol. The van der Waals surface area contributed by atoms with E-state index in [1.54, 1.807) is 0 Å². The molecule has 1 N–H and O–H groups in total. The second-order valence-electron chi connectivity index (χ2n) is 6.42. The van der Waals surface area contributed by atoms with E-state index in [1.807, 2.05) is 29.9 Å². The van der Waals surface area contributed by atoms with E-state index in [-0.39, 0.29) is 5.56 Å². The maximum atomic E-state index is 12.1. The van der Waals surface area contributed by atoms with Crippen LogP contribution in [0.4, 0.5) is 0 Å². The number of nitrogens with zero attached hydrogens (tertiary/aromatic N) is 4. The summed E-state index contributed by atoms with van der Waals surface area (Å²) in [6.45, 7) is 6.86. The van der Waals surface area contributed by atoms with Crippen molar-refractivity contribution in [3.8, 4) is 0 Å². The first-order chi connectivity index (χ1) is 12.2. The Hall–Kier alpha value is -2.09. The summed E-state index contributed by atoms with van der Waals surface area (Å²) in [5, 5.41) is 1.91. The van der Waals surface area contributed by atoms with Gasteiger partial charge in [0.2, 0.25) is 0 Å². The standard InChI is InChI=1S/C18H21N5OS/c1-13(14-3-2-5-19-11-14)23-8-6-22(7-9-23)12-16-20-15-4-10-25-17(15)18(24)21-16/h2-5,10-11,13H,6-9,12H2,1H3,(H,20,21,24). The Morgan fingerprint density at radius 2 is 2.12 bits per heavy atom. The summed E-state index contributed by atoms with van der Waals surface area (Å²) in [5.41, 5.74) is 2.02. The van der Waals surface area contributed by atoms with Gasteiger partial charge in [-0.05, 0) is 30.0 Å². The smallest absolute Gasteiger partial charge is 0.268 e. The zero-order chi connectivity index (χ0) is 17.2. The topological polar surface area (TPSA) is 65.1 Å². The van der Waals surface area contributed by atoms with Crippen LogP contribution in [0.1, 0.15) is 24.4 Å². The molecule has 1 atom stereocenters. The van der Waals surface area contributed by atoms with Gasteiger partial charge in [-0.2, -0.15) is 0 Å². The van der Waals surface area contributed by atoms with Crippen LogP contribution in [-0.4, -0.2) is 50.9 Å². The first kappa shape index (κ1) is 16.4. The molecule has 1 fully saturated rings. The van der Waals surface area contributed by atoms with Gasteiger partial charge in [0.25, 0.3) is 5.56 Å². The molecule has 25 heavy (non-hydrogen) atoms. The lowest BCUT2D eigenvalue weighted by atomic mass is 10.1. The molecule has 0 aliphatic carbocycles. The molecule has 1 aliphatic heterocycles. The third kappa shape index (κ3) is 3.49. The number of thiophene rings is 1. The van der Waals surface area contributed by atoms with Crippen molar-refractivity contribution in [3.05, 3.63) is 57.7 Å². The minimum absolute atomic E-state index is 0.0289. The number of rotatable bonds is 4. The van der Waals surface area contributed by atoms with E-state index in [4.69, 9.17) is 0 Å². The lowest BCUT2D eigenvalue weighted by molar-refractivity contribution is 0.0961. The summed E-state index contributed by atoms with van der Waals surface area (Å²) in [5.74, 6) is 0.754. The zero-order valence-electron chi connectivity index (χ0n) is 14.2. The Morgan fingerprint density at radius 3 is 2.88 bits per heavy atom. The fraction of sp³-hybridized carbons (Fsp3) is 0.389. The number of aromatic nitrogens is 3. The lowest BCUT2D eigenvalue weighted by Crippen LogP contribution is -2.46. The van der Waals surface area contributed by atoms with E-state index in [2.05, 4.69) is 37.7 Å². The predicted molar refractivity (Wildman–Crippen MR) is 99.7 cm³/mol. The molecule has 4 rings (SSSR count). The first-order valence-corrected chi connectivity index (χ1v) is 9.41. The van der Waals surface area contributed by atoms with Crippen LogP contribution in [0, 0.1) is 0 Å². The van der Waals surface area contributed by atoms with Crippen LogP contribution < -0.4 is 5.56 Å². The Morgan fingerprint density at radius 1 is 1.28 bits per heavy atom. The summed E-state index contributed by atoms with van der Waals surface area (Å²) in [7, 11) is 0. The average molecular weight is 355 g/mol. The number of pyridine rings is 1. The Labute approximate surface area is 150 Å². The summed E-state index contributed by atoms with van der Waals surface area (Å²) < 4.78 is 0.707. The molecular formula is C18H21N5OS. The van der Waals surface area contributed by atoms with Crippen LogP contribution in [0.5, 0.6) is 0 Å². The number of hydrogen-bond acceptors (Lipinski definition) is 6. The maximum Gasteiger partial charge on any atom is 0.268 e. The maximum absolute atomic E-state index is 12.1. The summed E-state index contributed by atoms with van der Waals surface area (Å²) in [4.78, 5) is 28.6. The molecule has 0 bridgehead atoms. The van der Waals surface area contributed by atoms with Gasteiger partial charge in [0.05, 0.1) is 12.1 Å². The van der Waals surface area contributed by atoms with Crippen molar-refractivity contribution in [2.75, 3.05) is 26.2 Å². The summed E-state index contributed by atoms with van der Waals surface area (Å²) in [6.07, 6.45) is 3.76. The molecule has 0 aromatic carbocycles. The van der Waals surface area contributed by atoms with E-state index in [9.17, 15) is 4.79 Å². The van der Waals surface area contributed by atoms with Crippen molar-refractivity contribution in [1.29, 1.82) is 0 Å². The monoisotopic (exact) mass is 355 g/mol. The summed E-state index contributed by atoms with van der Waals surface area (Å²) >= 11 is 1.44. The Balaban J connectivity index is 1.39. The van der Waals surface area contributed by atoms with E-state index in [0.717, 1.165) is 37.5 Å². The number of H-pyrrole nitrogens is 1. The van der Waals surface area contributed by atoms with Crippen molar-refractivity contribution in [2.24, 2.45) is 0 Å². The number of nitrogens with one attached hydrogen (secondary N) is 1. The van der Waals surface area contributed by atoms with Crippen LogP contribution in [-0.2, 0) is 6.54 Å². The quantitative estimate of drug-likeness (QED) is 0.778. The molecule has 0 radical (unpaired) electrons. The SMILES string of the molecule is CC(c1cccnc1)N1CCN(Cc2nc3ccsc3c(=O)[nH]2)CC1. The van der Waals surface area contributed by atoms with E-state index >= 15 is 0 Å². The van der Waals surface area contributed by atoms with Crippen molar-refractivity contribution >= 4 is 21.6 Å². The molecule has 1 aliphatic rings. The van der Waals surface area contributed by atoms with Crippen molar-refractivity contribution in [2.45, 2.75) is 19.5 Å². The third-order valence-electron chi connectivity index (χ3n) is 4.86. The van der Waals surface area contributed by atoms with Gasteiger partial charge >= 0.3 is 0 Å². The number of fused-ring (bicyclic) bond motifs is 1. The van der Waals surface area contributed by atoms with E-state index < -0.39 is 0 Å². The molecule has 7 heteroatoms. The summed E-state index contributed by atoms with van der Waals surface area (Å²) in [6, 6.07) is 6.40. The largest absolute Gasteiger partial charge is 0.308 e. The highest BCUT2D eigenvalue weighted by Gasteiger charge is 2.22. The highest BCUT2D eigenvalue weighted by molar-refractivity contribution is 7.17. The number of piperazine rings is 1. The van der Waals surface area contributed by atoms with Crippen molar-refractivity contribution < 1.29 is 0 Å². The zero-order valence-corrected chi connectivity index (χ0v) is 15.0. The second-order valence-corrected chi connectivity index (χ2v) is 7.34. The molecule has 3 aromatic heterocycles. The Bertz CT molecular complexity index is 898. The van der Waals surface area contributed by atoms with Gasteiger partial charge < -0.3 is 4.98 Å². The third-order valence-corrected chi connectivity index (χ3v) is 5.76. The Kier molecular flexibility index (Phi) is 4.61. The first-order valence-electron chi connectivity index (χ1n) is 8.53. The molecule has 6 nitrogen and oxygen atoms in total. The second kappa shape index (κ2) is 7.03. The minimum atomic E-state index is -0.0289. The average Bonchev–Trinajstić information content (AvgIpc) is 3.12. The molecule has 130 valence electrons. The van der Waals surface area contributed by atoms with Crippen molar-refractivity contribution in [1.82, 2.24) is 24.8 Å². The van der Waals surface area contributed by atoms with Gasteiger partial charge in [0, 0.05) is 44.6 Å². The van der Waals surface area contributed by atoms with Gasteiger partial charge in [-0.15, -0.1) is 11.3 Å². The molecule has 3 aromatic rings. The fourth-order valence-corrected chi connectivity index (χ4v) is 4.08. The highest BCUT2D eigenvalue weighted by Crippen LogP contribution is 2.21. The van der Waals surface area contributed by atoms with Crippen LogP contribution >= 0.6 is 11.3 Å². The van der Waals surface area contributed by atoms with Crippen LogP contribution in [0.15, 0.2) is 40.8 Å². The van der Waals surface area contributed by atoms with Crippen LogP contribution in [0.2, 0.25) is 0 Å². The predicted octanol–water partition coefficient (Wildman–Crippen LogP) is 2.26. The molecule has 0 spiro atoms. The molecule has 1 unspecified atom stereocenters. The normalized spacial score (nSPS) is 17.8. The fourth-order valence-electron chi connectivity index (χ4n) is 3.35. The van der Waals surface area contributed by atoms with Gasteiger partial charge in [0.1, 0.15) is 10.5 Å². The highest BCUT2D eigenvalue weighted by atomic mass is 32.1. The lowest BCUT2D eigenvalue weighted by Gasteiger charge is -2.37.